The van der Waals surface area contributed by atoms with Gasteiger partial charge in [0, 0.05) is 19.3 Å². The number of aromatic nitrogens is 3. The van der Waals surface area contributed by atoms with Crippen LogP contribution in [0.15, 0.2) is 46.2 Å². The van der Waals surface area contributed by atoms with Crippen molar-refractivity contribution >= 4 is 23.4 Å². The lowest BCUT2D eigenvalue weighted by atomic mass is 10.2. The van der Waals surface area contributed by atoms with Crippen LogP contribution in [0.4, 0.5) is 5.69 Å². The molecule has 6 nitrogen and oxygen atoms in total. The zero-order valence-electron chi connectivity index (χ0n) is 15.0. The lowest BCUT2D eigenvalue weighted by Crippen LogP contribution is -2.35. The highest BCUT2D eigenvalue weighted by molar-refractivity contribution is 8.00. The van der Waals surface area contributed by atoms with Crippen molar-refractivity contribution in [1.82, 2.24) is 14.8 Å². The molecule has 0 spiro atoms. The zero-order chi connectivity index (χ0) is 18.3. The van der Waals surface area contributed by atoms with Crippen LogP contribution >= 0.6 is 11.8 Å². The monoisotopic (exact) mass is 368 g/mol. The van der Waals surface area contributed by atoms with E-state index in [4.69, 9.17) is 4.42 Å². The Kier molecular flexibility index (Phi) is 4.32. The molecular formula is C19H20N4O2S. The van der Waals surface area contributed by atoms with Gasteiger partial charge in [-0.1, -0.05) is 30.0 Å². The second-order valence-electron chi connectivity index (χ2n) is 6.38. The van der Waals surface area contributed by atoms with Gasteiger partial charge in [-0.3, -0.25) is 4.79 Å². The van der Waals surface area contributed by atoms with Gasteiger partial charge in [0.2, 0.25) is 5.91 Å². The van der Waals surface area contributed by atoms with Crippen LogP contribution in [0, 0.1) is 6.92 Å². The van der Waals surface area contributed by atoms with Gasteiger partial charge in [0.15, 0.2) is 11.0 Å². The van der Waals surface area contributed by atoms with Crippen LogP contribution in [0.1, 0.15) is 18.2 Å². The number of carbonyl (C=O) groups excluding carboxylic acids is 1. The molecular weight excluding hydrogens is 348 g/mol. The highest BCUT2D eigenvalue weighted by Gasteiger charge is 2.29. The predicted molar refractivity (Wildman–Crippen MR) is 101 cm³/mol. The molecule has 0 fully saturated rings. The minimum absolute atomic E-state index is 0.101. The maximum absolute atomic E-state index is 12.9. The Morgan fingerprint density at radius 3 is 2.85 bits per heavy atom. The van der Waals surface area contributed by atoms with E-state index in [0.717, 1.165) is 35.8 Å². The summed E-state index contributed by atoms with van der Waals surface area (Å²) in [6, 6.07) is 9.97. The van der Waals surface area contributed by atoms with Crippen molar-refractivity contribution in [3.63, 3.8) is 0 Å². The van der Waals surface area contributed by atoms with Crippen molar-refractivity contribution in [1.29, 1.82) is 0 Å². The van der Waals surface area contributed by atoms with Crippen molar-refractivity contribution in [2.75, 3.05) is 11.4 Å². The molecule has 4 rings (SSSR count). The van der Waals surface area contributed by atoms with Gasteiger partial charge in [0.05, 0.1) is 17.1 Å². The summed E-state index contributed by atoms with van der Waals surface area (Å²) in [7, 11) is 1.91. The van der Waals surface area contributed by atoms with Crippen LogP contribution in [0.25, 0.3) is 11.4 Å². The van der Waals surface area contributed by atoms with E-state index in [2.05, 4.69) is 16.3 Å². The van der Waals surface area contributed by atoms with E-state index in [-0.39, 0.29) is 11.2 Å². The maximum atomic E-state index is 12.9. The quantitative estimate of drug-likeness (QED) is 0.660. The van der Waals surface area contributed by atoms with E-state index in [0.29, 0.717) is 5.16 Å². The number of rotatable bonds is 4. The van der Waals surface area contributed by atoms with Crippen LogP contribution in [0.3, 0.4) is 0 Å². The highest BCUT2D eigenvalue weighted by atomic mass is 32.2. The third kappa shape index (κ3) is 2.82. The number of hydrogen-bond acceptors (Lipinski definition) is 5. The van der Waals surface area contributed by atoms with E-state index in [9.17, 15) is 4.79 Å². The number of fused-ring (bicyclic) bond motifs is 1. The number of aryl methyl sites for hydroxylation is 1. The lowest BCUT2D eigenvalue weighted by molar-refractivity contribution is -0.117. The second kappa shape index (κ2) is 6.64. The summed E-state index contributed by atoms with van der Waals surface area (Å²) in [6.45, 7) is 4.56. The first-order valence-corrected chi connectivity index (χ1v) is 9.44. The minimum Gasteiger partial charge on any atom is -0.469 e. The molecule has 26 heavy (non-hydrogen) atoms. The SMILES string of the molecule is Cc1occc1-c1nnc(S[C@H](C)C(=O)N2CCc3ccccc32)n1C. The Balaban J connectivity index is 1.52. The maximum Gasteiger partial charge on any atom is 0.240 e. The first kappa shape index (κ1) is 16.9. The van der Waals surface area contributed by atoms with E-state index in [1.807, 2.05) is 54.6 Å². The number of carbonyl (C=O) groups is 1. The number of amides is 1. The number of benzene rings is 1. The van der Waals surface area contributed by atoms with Gasteiger partial charge in [0.1, 0.15) is 5.76 Å². The van der Waals surface area contributed by atoms with Crippen LogP contribution in [-0.4, -0.2) is 32.5 Å². The summed E-state index contributed by atoms with van der Waals surface area (Å²) in [5, 5.41) is 9.01. The molecule has 1 aromatic carbocycles. The first-order valence-electron chi connectivity index (χ1n) is 8.56. The fourth-order valence-corrected chi connectivity index (χ4v) is 4.14. The van der Waals surface area contributed by atoms with E-state index < -0.39 is 0 Å². The molecule has 3 heterocycles. The second-order valence-corrected chi connectivity index (χ2v) is 7.69. The molecule has 0 saturated carbocycles. The number of nitrogens with zero attached hydrogens (tertiary/aromatic N) is 4. The Morgan fingerprint density at radius 1 is 1.27 bits per heavy atom. The summed E-state index contributed by atoms with van der Waals surface area (Å²) in [5.41, 5.74) is 3.17. The van der Waals surface area contributed by atoms with Gasteiger partial charge in [-0.25, -0.2) is 0 Å². The van der Waals surface area contributed by atoms with E-state index in [1.165, 1.54) is 17.3 Å². The van der Waals surface area contributed by atoms with Crippen molar-refractivity contribution in [3.8, 4) is 11.4 Å². The summed E-state index contributed by atoms with van der Waals surface area (Å²) in [6.07, 6.45) is 2.55. The van der Waals surface area contributed by atoms with Crippen molar-refractivity contribution in [2.45, 2.75) is 30.7 Å². The third-order valence-corrected chi connectivity index (χ3v) is 5.84. The predicted octanol–water partition coefficient (Wildman–Crippen LogP) is 3.45. The van der Waals surface area contributed by atoms with Gasteiger partial charge in [0.25, 0.3) is 0 Å². The van der Waals surface area contributed by atoms with Gasteiger partial charge in [-0.2, -0.15) is 0 Å². The summed E-state index contributed by atoms with van der Waals surface area (Å²) < 4.78 is 7.26. The fourth-order valence-electron chi connectivity index (χ4n) is 3.26. The van der Waals surface area contributed by atoms with Gasteiger partial charge >= 0.3 is 0 Å². The number of furan rings is 1. The Hall–Kier alpha value is -2.54. The van der Waals surface area contributed by atoms with Crippen LogP contribution < -0.4 is 4.90 Å². The van der Waals surface area contributed by atoms with E-state index >= 15 is 0 Å². The number of hydrogen-bond donors (Lipinski definition) is 0. The molecule has 2 aromatic heterocycles. The Labute approximate surface area is 156 Å². The molecule has 0 unspecified atom stereocenters. The molecule has 134 valence electrons. The van der Waals surface area contributed by atoms with Gasteiger partial charge in [-0.05, 0) is 38.0 Å². The highest BCUT2D eigenvalue weighted by Crippen LogP contribution is 2.32. The van der Waals surface area contributed by atoms with Crippen molar-refractivity contribution in [3.05, 3.63) is 47.9 Å². The first-order chi connectivity index (χ1) is 12.6. The summed E-state index contributed by atoms with van der Waals surface area (Å²) in [5.74, 6) is 1.64. The smallest absolute Gasteiger partial charge is 0.240 e. The molecule has 1 aliphatic heterocycles. The average Bonchev–Trinajstić information content (AvgIpc) is 3.34. The van der Waals surface area contributed by atoms with Crippen molar-refractivity contribution < 1.29 is 9.21 Å². The molecule has 1 aliphatic rings. The zero-order valence-corrected chi connectivity index (χ0v) is 15.8. The van der Waals surface area contributed by atoms with Crippen LogP contribution in [-0.2, 0) is 18.3 Å². The Bertz CT molecular complexity index is 962. The largest absolute Gasteiger partial charge is 0.469 e. The minimum atomic E-state index is -0.248. The molecule has 0 saturated heterocycles. The molecule has 3 aromatic rings. The lowest BCUT2D eigenvalue weighted by Gasteiger charge is -2.21. The number of para-hydroxylation sites is 1. The standard InChI is InChI=1S/C19H20N4O2S/c1-12-15(9-11-25-12)17-20-21-19(22(17)3)26-13(2)18(24)23-10-8-14-6-4-5-7-16(14)23/h4-7,9,11,13H,8,10H2,1-3H3/t13-/m1/s1. The topological polar surface area (TPSA) is 64.2 Å². The van der Waals surface area contributed by atoms with E-state index in [1.54, 1.807) is 6.26 Å². The Morgan fingerprint density at radius 2 is 2.08 bits per heavy atom. The molecule has 0 N–H and O–H groups in total. The summed E-state index contributed by atoms with van der Waals surface area (Å²) >= 11 is 1.43. The normalized spacial score (nSPS) is 14.5. The van der Waals surface area contributed by atoms with Crippen molar-refractivity contribution in [2.24, 2.45) is 7.05 Å². The van der Waals surface area contributed by atoms with Gasteiger partial charge in [-0.15, -0.1) is 10.2 Å². The third-order valence-electron chi connectivity index (χ3n) is 4.72. The summed E-state index contributed by atoms with van der Waals surface area (Å²) in [4.78, 5) is 14.8. The molecule has 0 radical (unpaired) electrons. The molecule has 1 atom stereocenters. The van der Waals surface area contributed by atoms with Crippen LogP contribution in [0.5, 0.6) is 0 Å². The molecule has 0 bridgehead atoms. The fraction of sp³-hybridized carbons (Fsp3) is 0.316. The number of anilines is 1. The molecule has 1 amide bonds. The molecule has 0 aliphatic carbocycles. The average molecular weight is 368 g/mol. The van der Waals surface area contributed by atoms with Gasteiger partial charge < -0.3 is 13.9 Å². The number of thioether (sulfide) groups is 1. The van der Waals surface area contributed by atoms with Crippen LogP contribution in [0.2, 0.25) is 0 Å². The molecule has 7 heteroatoms.